The molecule has 0 spiro atoms. The van der Waals surface area contributed by atoms with Gasteiger partial charge in [0, 0.05) is 95.9 Å². The summed E-state index contributed by atoms with van der Waals surface area (Å²) in [5, 5.41) is 1.82. The van der Waals surface area contributed by atoms with E-state index in [1.165, 1.54) is 0 Å². The van der Waals surface area contributed by atoms with Gasteiger partial charge in [0.1, 0.15) is 23.8 Å². The van der Waals surface area contributed by atoms with Crippen LogP contribution in [0.25, 0.3) is 21.8 Å². The molecule has 248 valence electrons. The average molecular weight is 649 g/mol. The van der Waals surface area contributed by atoms with E-state index in [9.17, 15) is 19.2 Å². The highest BCUT2D eigenvalue weighted by molar-refractivity contribution is 6.04. The van der Waals surface area contributed by atoms with Gasteiger partial charge < -0.3 is 19.4 Å². The second-order valence-corrected chi connectivity index (χ2v) is 14.7. The Morgan fingerprint density at radius 2 is 0.938 bits per heavy atom. The van der Waals surface area contributed by atoms with Crippen LogP contribution in [0.5, 0.6) is 0 Å². The predicted molar refractivity (Wildman–Crippen MR) is 177 cm³/mol. The monoisotopic (exact) mass is 648 g/mol. The number of H-pyrrole nitrogens is 2. The molecule has 0 amide bonds. The largest absolute Gasteiger partial charge is 0.459 e. The fraction of sp³-hybridized carbons (Fsp3) is 0.474. The van der Waals surface area contributed by atoms with Gasteiger partial charge in [-0.2, -0.15) is 0 Å². The first kappa shape index (κ1) is 29.8. The molecule has 2 aromatic carbocycles. The molecule has 0 saturated carbocycles. The lowest BCUT2D eigenvalue weighted by molar-refractivity contribution is -0.145. The average Bonchev–Trinajstić information content (AvgIpc) is 3.70. The van der Waals surface area contributed by atoms with Gasteiger partial charge in [0.05, 0.1) is 24.2 Å². The Balaban J connectivity index is 0.000000131. The highest BCUT2D eigenvalue weighted by Gasteiger charge is 2.50. The number of esters is 2. The molecule has 10 heteroatoms. The van der Waals surface area contributed by atoms with Gasteiger partial charge in [-0.3, -0.25) is 19.4 Å². The minimum Gasteiger partial charge on any atom is -0.459 e. The van der Waals surface area contributed by atoms with Gasteiger partial charge in [-0.1, -0.05) is 36.4 Å². The predicted octanol–water partition coefficient (Wildman–Crippen LogP) is 5.04. The summed E-state index contributed by atoms with van der Waals surface area (Å²) >= 11 is 0. The third-order valence-corrected chi connectivity index (χ3v) is 12.0. The summed E-state index contributed by atoms with van der Waals surface area (Å²) in [4.78, 5) is 60.0. The van der Waals surface area contributed by atoms with Crippen molar-refractivity contribution in [3.63, 3.8) is 0 Å². The molecule has 8 aliphatic heterocycles. The fourth-order valence-corrected chi connectivity index (χ4v) is 9.74. The number of carbonyl (C=O) groups excluding carboxylic acids is 4. The number of fused-ring (bicyclic) bond motifs is 4. The maximum Gasteiger partial charge on any atom is 0.340 e. The number of carbonyl (C=O) groups is 4. The van der Waals surface area contributed by atoms with Crippen molar-refractivity contribution >= 4 is 45.3 Å². The van der Waals surface area contributed by atoms with Crippen LogP contribution in [0.3, 0.4) is 0 Å². The zero-order chi connectivity index (χ0) is 32.5. The smallest absolute Gasteiger partial charge is 0.340 e. The molecule has 8 saturated heterocycles. The second-order valence-electron chi connectivity index (χ2n) is 14.7. The van der Waals surface area contributed by atoms with Gasteiger partial charge in [-0.25, -0.2) is 9.59 Å². The van der Waals surface area contributed by atoms with Crippen LogP contribution < -0.4 is 0 Å². The quantitative estimate of drug-likeness (QED) is 0.295. The van der Waals surface area contributed by atoms with E-state index in [1.807, 2.05) is 48.5 Å². The number of ether oxygens (including phenoxy) is 2. The zero-order valence-electron chi connectivity index (χ0n) is 26.8. The van der Waals surface area contributed by atoms with Crippen molar-refractivity contribution in [2.24, 2.45) is 11.8 Å². The van der Waals surface area contributed by atoms with Crippen molar-refractivity contribution in [3.05, 3.63) is 72.1 Å². The summed E-state index contributed by atoms with van der Waals surface area (Å²) in [6, 6.07) is 17.2. The molecule has 12 rings (SSSR count). The summed E-state index contributed by atoms with van der Waals surface area (Å²) in [6.07, 6.45) is 10.6. The first-order valence-electron chi connectivity index (χ1n) is 17.5. The zero-order valence-corrected chi connectivity index (χ0v) is 26.8. The first-order valence-corrected chi connectivity index (χ1v) is 17.5. The van der Waals surface area contributed by atoms with Crippen molar-refractivity contribution in [3.8, 4) is 0 Å². The SMILES string of the molecule is O=C(OC1CC2CC3CC(C1)N2CC3=O)c1c[nH]c2ccccc12.O=C(OC1CC2CC3CC(C1)N2CC3=O)c1c[nH]c2ccccc12. The molecule has 8 aliphatic rings. The Morgan fingerprint density at radius 1 is 0.562 bits per heavy atom. The van der Waals surface area contributed by atoms with Crippen LogP contribution in [0, 0.1) is 11.8 Å². The Morgan fingerprint density at radius 3 is 1.31 bits per heavy atom. The Labute approximate surface area is 278 Å². The number of hydrogen-bond acceptors (Lipinski definition) is 8. The molecule has 0 radical (unpaired) electrons. The summed E-state index contributed by atoms with van der Waals surface area (Å²) < 4.78 is 11.7. The van der Waals surface area contributed by atoms with E-state index in [0.717, 1.165) is 73.2 Å². The van der Waals surface area contributed by atoms with Crippen molar-refractivity contribution in [1.82, 2.24) is 19.8 Å². The lowest BCUT2D eigenvalue weighted by atomic mass is 9.72. The summed E-state index contributed by atoms with van der Waals surface area (Å²) in [5.74, 6) is 0.807. The molecule has 10 nitrogen and oxygen atoms in total. The van der Waals surface area contributed by atoms with Crippen LogP contribution in [-0.4, -0.2) is 92.7 Å². The van der Waals surface area contributed by atoms with Crippen molar-refractivity contribution in [1.29, 1.82) is 0 Å². The third-order valence-electron chi connectivity index (χ3n) is 12.0. The molecule has 2 aromatic heterocycles. The van der Waals surface area contributed by atoms with Crippen LogP contribution in [-0.2, 0) is 19.1 Å². The number of hydrogen-bond donors (Lipinski definition) is 2. The first-order chi connectivity index (χ1) is 23.4. The standard InChI is InChI=1S/2C19H20N2O3/c2*22-18-10-21-12-5-11(18)6-13(21)8-14(7-12)24-19(23)16-9-20-17-4-2-1-3-15(16)17/h2*1-4,9,11-14,20H,5-8,10H2. The molecule has 4 unspecified atom stereocenters. The van der Waals surface area contributed by atoms with Gasteiger partial charge in [0.15, 0.2) is 0 Å². The minimum atomic E-state index is -0.242. The number of para-hydroxylation sites is 2. The van der Waals surface area contributed by atoms with E-state index in [1.54, 1.807) is 12.4 Å². The topological polar surface area (TPSA) is 125 Å². The maximum atomic E-state index is 12.6. The Bertz CT molecular complexity index is 1760. The summed E-state index contributed by atoms with van der Waals surface area (Å²) in [5.41, 5.74) is 3.12. The van der Waals surface area contributed by atoms with E-state index in [0.29, 0.717) is 60.0 Å². The number of benzene rings is 2. The normalized spacial score (nSPS) is 34.5. The number of nitrogens with zero attached hydrogens (tertiary/aromatic N) is 2. The highest BCUT2D eigenvalue weighted by atomic mass is 16.5. The Kier molecular flexibility index (Phi) is 7.27. The minimum absolute atomic E-state index is 0.0356. The number of rotatable bonds is 4. The number of nitrogens with one attached hydrogen (secondary N) is 2. The summed E-state index contributed by atoms with van der Waals surface area (Å²) in [7, 11) is 0. The molecule has 8 bridgehead atoms. The lowest BCUT2D eigenvalue weighted by Gasteiger charge is -2.54. The molecule has 48 heavy (non-hydrogen) atoms. The molecule has 10 heterocycles. The van der Waals surface area contributed by atoms with Crippen LogP contribution in [0.2, 0.25) is 0 Å². The number of aromatic amines is 2. The fourth-order valence-electron chi connectivity index (χ4n) is 9.74. The molecule has 4 aromatic rings. The van der Waals surface area contributed by atoms with Gasteiger partial charge in [0.25, 0.3) is 0 Å². The van der Waals surface area contributed by atoms with Gasteiger partial charge in [0.2, 0.25) is 0 Å². The van der Waals surface area contributed by atoms with Crippen molar-refractivity contribution < 1.29 is 28.7 Å². The van der Waals surface area contributed by atoms with Crippen LogP contribution in [0.1, 0.15) is 72.1 Å². The molecule has 0 aliphatic carbocycles. The molecule has 4 atom stereocenters. The number of piperidine rings is 8. The lowest BCUT2D eigenvalue weighted by Crippen LogP contribution is -2.63. The van der Waals surface area contributed by atoms with Gasteiger partial charge in [-0.15, -0.1) is 0 Å². The van der Waals surface area contributed by atoms with E-state index in [-0.39, 0.29) is 36.0 Å². The van der Waals surface area contributed by atoms with E-state index in [2.05, 4.69) is 19.8 Å². The Hall–Kier alpha value is -4.28. The van der Waals surface area contributed by atoms with Crippen LogP contribution >= 0.6 is 0 Å². The molecule has 8 fully saturated rings. The van der Waals surface area contributed by atoms with Gasteiger partial charge >= 0.3 is 11.9 Å². The van der Waals surface area contributed by atoms with E-state index >= 15 is 0 Å². The van der Waals surface area contributed by atoms with Crippen molar-refractivity contribution in [2.75, 3.05) is 13.1 Å². The maximum absolute atomic E-state index is 12.6. The number of ketones is 2. The molecule has 2 N–H and O–H groups in total. The number of aromatic nitrogens is 2. The highest BCUT2D eigenvalue weighted by Crippen LogP contribution is 2.43. The van der Waals surface area contributed by atoms with E-state index < -0.39 is 0 Å². The van der Waals surface area contributed by atoms with Gasteiger partial charge in [-0.05, 0) is 37.8 Å². The summed E-state index contributed by atoms with van der Waals surface area (Å²) in [6.45, 7) is 1.20. The molecular formula is C38H40N4O6. The van der Waals surface area contributed by atoms with Crippen LogP contribution in [0.15, 0.2) is 60.9 Å². The van der Waals surface area contributed by atoms with Crippen molar-refractivity contribution in [2.45, 2.75) is 87.7 Å². The third kappa shape index (κ3) is 5.17. The van der Waals surface area contributed by atoms with E-state index in [4.69, 9.17) is 9.47 Å². The second kappa shape index (κ2) is 11.7. The number of Topliss-reactive ketones (excluding diaryl/α,β-unsaturated/α-hetero) is 2. The molecular weight excluding hydrogens is 608 g/mol. The van der Waals surface area contributed by atoms with Crippen LogP contribution in [0.4, 0.5) is 0 Å².